The van der Waals surface area contributed by atoms with E-state index in [-0.39, 0.29) is 11.0 Å². The zero-order valence-electron chi connectivity index (χ0n) is 11.6. The fourth-order valence-corrected chi connectivity index (χ4v) is 4.10. The molecule has 0 saturated carbocycles. The zero-order chi connectivity index (χ0) is 15.6. The van der Waals surface area contributed by atoms with Gasteiger partial charge in [-0.1, -0.05) is 17.7 Å². The van der Waals surface area contributed by atoms with Crippen LogP contribution in [-0.4, -0.2) is 41.9 Å². The molecule has 0 N–H and O–H groups in total. The lowest BCUT2D eigenvalue weighted by molar-refractivity contribution is 0.206. The molecular formula is C14H14ClN3O3S. The van der Waals surface area contributed by atoms with E-state index >= 15 is 0 Å². The second kappa shape index (κ2) is 6.20. The number of hydrogen-bond acceptors (Lipinski definition) is 5. The Morgan fingerprint density at radius 2 is 2.18 bits per heavy atom. The highest BCUT2D eigenvalue weighted by Gasteiger charge is 2.33. The van der Waals surface area contributed by atoms with E-state index in [2.05, 4.69) is 9.97 Å². The van der Waals surface area contributed by atoms with Gasteiger partial charge < -0.3 is 4.74 Å². The Balaban J connectivity index is 1.72. The molecule has 6 nitrogen and oxygen atoms in total. The van der Waals surface area contributed by atoms with Crippen LogP contribution in [0.1, 0.15) is 6.42 Å². The molecule has 22 heavy (non-hydrogen) atoms. The minimum absolute atomic E-state index is 0.197. The van der Waals surface area contributed by atoms with Crippen LogP contribution >= 0.6 is 11.6 Å². The molecular weight excluding hydrogens is 326 g/mol. The van der Waals surface area contributed by atoms with Gasteiger partial charge in [-0.15, -0.1) is 0 Å². The van der Waals surface area contributed by atoms with Crippen molar-refractivity contribution in [2.24, 2.45) is 0 Å². The molecule has 1 fully saturated rings. The average molecular weight is 340 g/mol. The lowest BCUT2D eigenvalue weighted by Gasteiger charge is -2.17. The Bertz CT molecular complexity index is 755. The van der Waals surface area contributed by atoms with Crippen LogP contribution in [0, 0.1) is 0 Å². The number of halogens is 1. The number of aromatic nitrogens is 2. The quantitative estimate of drug-likeness (QED) is 0.851. The first-order chi connectivity index (χ1) is 10.6. The first-order valence-electron chi connectivity index (χ1n) is 6.74. The van der Waals surface area contributed by atoms with Crippen molar-refractivity contribution in [2.45, 2.75) is 17.4 Å². The Kier molecular flexibility index (Phi) is 4.28. The van der Waals surface area contributed by atoms with Gasteiger partial charge >= 0.3 is 0 Å². The van der Waals surface area contributed by atoms with E-state index < -0.39 is 10.0 Å². The maximum atomic E-state index is 12.6. The summed E-state index contributed by atoms with van der Waals surface area (Å²) < 4.78 is 32.2. The molecule has 3 rings (SSSR count). The highest BCUT2D eigenvalue weighted by molar-refractivity contribution is 7.89. The second-order valence-electron chi connectivity index (χ2n) is 4.90. The van der Waals surface area contributed by atoms with Gasteiger partial charge in [-0.3, -0.25) is 0 Å². The van der Waals surface area contributed by atoms with E-state index in [1.807, 2.05) is 0 Å². The van der Waals surface area contributed by atoms with E-state index in [0.29, 0.717) is 30.4 Å². The predicted molar refractivity (Wildman–Crippen MR) is 81.3 cm³/mol. The molecule has 0 radical (unpaired) electrons. The summed E-state index contributed by atoms with van der Waals surface area (Å²) in [5, 5.41) is 0.397. The summed E-state index contributed by atoms with van der Waals surface area (Å²) in [5.74, 6) is 0.446. The smallest absolute Gasteiger partial charge is 0.243 e. The first-order valence-corrected chi connectivity index (χ1v) is 8.56. The Hall–Kier alpha value is -1.70. The fraction of sp³-hybridized carbons (Fsp3) is 0.286. The van der Waals surface area contributed by atoms with Gasteiger partial charge in [0.25, 0.3) is 0 Å². The molecule has 2 aromatic rings. The summed E-state index contributed by atoms with van der Waals surface area (Å²) in [4.78, 5) is 7.99. The molecule has 8 heteroatoms. The van der Waals surface area contributed by atoms with E-state index in [9.17, 15) is 8.42 Å². The van der Waals surface area contributed by atoms with Crippen LogP contribution in [-0.2, 0) is 10.0 Å². The third kappa shape index (κ3) is 3.21. The predicted octanol–water partition coefficient (Wildman–Crippen LogP) is 1.97. The van der Waals surface area contributed by atoms with Crippen LogP contribution < -0.4 is 4.74 Å². The summed E-state index contributed by atoms with van der Waals surface area (Å²) >= 11 is 5.87. The third-order valence-electron chi connectivity index (χ3n) is 3.38. The lowest BCUT2D eigenvalue weighted by atomic mass is 10.3. The number of sulfonamides is 1. The molecule has 1 saturated heterocycles. The molecule has 1 aliphatic rings. The standard InChI is InChI=1S/C14H14ClN3O3S/c15-11-2-1-3-13(8-11)22(19,20)18-7-5-12(9-18)21-14-4-6-16-10-17-14/h1-4,6,8,10,12H,5,7,9H2/t12-/m0/s1. The van der Waals surface area contributed by atoms with Crippen LogP contribution in [0.2, 0.25) is 5.02 Å². The van der Waals surface area contributed by atoms with Crippen LogP contribution in [0.5, 0.6) is 5.88 Å². The van der Waals surface area contributed by atoms with Crippen molar-refractivity contribution in [3.63, 3.8) is 0 Å². The summed E-state index contributed by atoms with van der Waals surface area (Å²) in [6.45, 7) is 0.698. The monoisotopic (exact) mass is 339 g/mol. The van der Waals surface area contributed by atoms with Gasteiger partial charge in [0.2, 0.25) is 15.9 Å². The molecule has 1 aliphatic heterocycles. The van der Waals surface area contributed by atoms with Crippen LogP contribution in [0.15, 0.2) is 47.8 Å². The summed E-state index contributed by atoms with van der Waals surface area (Å²) in [5.41, 5.74) is 0. The lowest BCUT2D eigenvalue weighted by Crippen LogP contribution is -2.31. The van der Waals surface area contributed by atoms with E-state index in [0.717, 1.165) is 0 Å². The second-order valence-corrected chi connectivity index (χ2v) is 7.27. The minimum Gasteiger partial charge on any atom is -0.473 e. The van der Waals surface area contributed by atoms with Gasteiger partial charge in [-0.05, 0) is 24.6 Å². The normalized spacial score (nSPS) is 19.2. The number of rotatable bonds is 4. The van der Waals surface area contributed by atoms with Gasteiger partial charge in [0.15, 0.2) is 0 Å². The molecule has 116 valence electrons. The van der Waals surface area contributed by atoms with Crippen LogP contribution in [0.3, 0.4) is 0 Å². The van der Waals surface area contributed by atoms with Crippen molar-refractivity contribution >= 4 is 21.6 Å². The average Bonchev–Trinajstić information content (AvgIpc) is 2.97. The van der Waals surface area contributed by atoms with Gasteiger partial charge in [-0.25, -0.2) is 18.4 Å². The Morgan fingerprint density at radius 3 is 2.91 bits per heavy atom. The topological polar surface area (TPSA) is 72.4 Å². The van der Waals surface area contributed by atoms with Crippen molar-refractivity contribution in [2.75, 3.05) is 13.1 Å². The van der Waals surface area contributed by atoms with E-state index in [1.54, 1.807) is 30.5 Å². The first kappa shape index (κ1) is 15.2. The maximum absolute atomic E-state index is 12.6. The molecule has 0 bridgehead atoms. The molecule has 0 amide bonds. The van der Waals surface area contributed by atoms with E-state index in [4.69, 9.17) is 16.3 Å². The third-order valence-corrected chi connectivity index (χ3v) is 5.48. The van der Waals surface area contributed by atoms with Gasteiger partial charge in [-0.2, -0.15) is 4.31 Å². The molecule has 0 aliphatic carbocycles. The Labute approximate surface area is 133 Å². The molecule has 1 aromatic carbocycles. The van der Waals surface area contributed by atoms with Crippen molar-refractivity contribution in [1.29, 1.82) is 0 Å². The SMILES string of the molecule is O=S(=O)(c1cccc(Cl)c1)N1CC[C@H](Oc2ccncn2)C1. The Morgan fingerprint density at radius 1 is 1.32 bits per heavy atom. The zero-order valence-corrected chi connectivity index (χ0v) is 13.2. The number of nitrogens with zero attached hydrogens (tertiary/aromatic N) is 3. The number of hydrogen-bond donors (Lipinski definition) is 0. The largest absolute Gasteiger partial charge is 0.473 e. The highest BCUT2D eigenvalue weighted by atomic mass is 35.5. The maximum Gasteiger partial charge on any atom is 0.243 e. The molecule has 2 heterocycles. The summed E-state index contributed by atoms with van der Waals surface area (Å²) in [6.07, 6.45) is 3.37. The summed E-state index contributed by atoms with van der Waals surface area (Å²) in [6, 6.07) is 7.91. The fourth-order valence-electron chi connectivity index (χ4n) is 2.31. The molecule has 0 unspecified atom stereocenters. The van der Waals surface area contributed by atoms with Crippen molar-refractivity contribution in [3.05, 3.63) is 47.9 Å². The molecule has 1 aromatic heterocycles. The highest BCUT2D eigenvalue weighted by Crippen LogP contribution is 2.24. The van der Waals surface area contributed by atoms with Crippen molar-refractivity contribution < 1.29 is 13.2 Å². The van der Waals surface area contributed by atoms with Crippen molar-refractivity contribution in [3.8, 4) is 5.88 Å². The molecule has 0 spiro atoms. The van der Waals surface area contributed by atoms with Crippen molar-refractivity contribution in [1.82, 2.24) is 14.3 Å². The number of ether oxygens (including phenoxy) is 1. The van der Waals surface area contributed by atoms with E-state index in [1.165, 1.54) is 16.7 Å². The van der Waals surface area contributed by atoms with Crippen LogP contribution in [0.4, 0.5) is 0 Å². The number of benzene rings is 1. The summed E-state index contributed by atoms with van der Waals surface area (Å²) in [7, 11) is -3.55. The van der Waals surface area contributed by atoms with Gasteiger partial charge in [0, 0.05) is 23.8 Å². The van der Waals surface area contributed by atoms with Crippen LogP contribution in [0.25, 0.3) is 0 Å². The van der Waals surface area contributed by atoms with Gasteiger partial charge in [0.05, 0.1) is 11.4 Å². The van der Waals surface area contributed by atoms with Gasteiger partial charge in [0.1, 0.15) is 12.4 Å². The molecule has 1 atom stereocenters. The minimum atomic E-state index is -3.55.